The Bertz CT molecular complexity index is 713. The van der Waals surface area contributed by atoms with Crippen molar-refractivity contribution in [3.8, 4) is 5.75 Å². The van der Waals surface area contributed by atoms with Gasteiger partial charge in [0.2, 0.25) is 0 Å². The summed E-state index contributed by atoms with van der Waals surface area (Å²) in [6.07, 6.45) is 3.54. The molecule has 0 radical (unpaired) electrons. The minimum Gasteiger partial charge on any atom is -0.484 e. The van der Waals surface area contributed by atoms with Gasteiger partial charge in [0, 0.05) is 29.6 Å². The molecule has 0 atom stereocenters. The van der Waals surface area contributed by atoms with Crippen LogP contribution < -0.4 is 4.74 Å². The van der Waals surface area contributed by atoms with Crippen molar-refractivity contribution in [1.29, 1.82) is 0 Å². The van der Waals surface area contributed by atoms with Gasteiger partial charge in [-0.05, 0) is 25.1 Å². The van der Waals surface area contributed by atoms with Gasteiger partial charge in [-0.25, -0.2) is 13.4 Å². The van der Waals surface area contributed by atoms with Crippen LogP contribution in [0, 0.1) is 0 Å². The summed E-state index contributed by atoms with van der Waals surface area (Å²) in [4.78, 5) is 4.10. The molecule has 1 aromatic carbocycles. The van der Waals surface area contributed by atoms with Crippen LogP contribution in [0.1, 0.15) is 12.7 Å². The molecule has 2 aromatic rings. The maximum Gasteiger partial charge on any atom is 0.261 e. The molecule has 0 saturated heterocycles. The van der Waals surface area contributed by atoms with E-state index in [1.54, 1.807) is 6.20 Å². The van der Waals surface area contributed by atoms with Crippen LogP contribution in [-0.2, 0) is 22.2 Å². The summed E-state index contributed by atoms with van der Waals surface area (Å²) < 4.78 is 29.8. The number of hydrogen-bond acceptors (Lipinski definition) is 4. The molecule has 0 amide bonds. The molecule has 20 heavy (non-hydrogen) atoms. The van der Waals surface area contributed by atoms with Crippen molar-refractivity contribution in [2.24, 2.45) is 0 Å². The Kier molecular flexibility index (Phi) is 4.57. The first-order chi connectivity index (χ1) is 9.41. The van der Waals surface area contributed by atoms with E-state index in [9.17, 15) is 8.42 Å². The molecule has 2 rings (SSSR count). The average molecular weight is 335 g/mol. The number of aryl methyl sites for hydroxylation is 1. The molecule has 0 N–H and O–H groups in total. The maximum atomic E-state index is 11.2. The normalized spacial score (nSPS) is 11.6. The Morgan fingerprint density at radius 2 is 2.15 bits per heavy atom. The first kappa shape index (κ1) is 15.2. The number of ether oxygens (including phenoxy) is 1. The molecule has 8 heteroatoms. The second-order valence-electron chi connectivity index (χ2n) is 3.95. The molecule has 0 aliphatic heterocycles. The minimum atomic E-state index is -3.80. The number of hydrogen-bond donors (Lipinski definition) is 0. The number of halogens is 2. The zero-order valence-corrected chi connectivity index (χ0v) is 12.9. The summed E-state index contributed by atoms with van der Waals surface area (Å²) in [7, 11) is 1.45. The number of rotatable bonds is 5. The summed E-state index contributed by atoms with van der Waals surface area (Å²) >= 11 is 5.97. The highest BCUT2D eigenvalue weighted by Gasteiger charge is 2.13. The lowest BCUT2D eigenvalue weighted by atomic mass is 10.3. The van der Waals surface area contributed by atoms with E-state index in [0.717, 1.165) is 12.4 Å². The Balaban J connectivity index is 2.15. The van der Waals surface area contributed by atoms with E-state index in [1.807, 2.05) is 17.7 Å². The molecular weight excluding hydrogens is 323 g/mol. The van der Waals surface area contributed by atoms with Crippen LogP contribution in [0.5, 0.6) is 5.75 Å². The molecule has 0 aliphatic rings. The molecule has 108 valence electrons. The van der Waals surface area contributed by atoms with Crippen molar-refractivity contribution in [3.05, 3.63) is 41.4 Å². The first-order valence-corrected chi connectivity index (χ1v) is 8.47. The Labute approximate surface area is 126 Å². The standard InChI is InChI=1S/C12H12Cl2N2O3S/c1-2-16-6-5-15-12(16)8-19-11-4-3-9(7-10(11)13)20(14,17)18/h3-7H,2,8H2,1H3. The van der Waals surface area contributed by atoms with Crippen LogP contribution in [0.15, 0.2) is 35.5 Å². The number of benzene rings is 1. The highest BCUT2D eigenvalue weighted by Crippen LogP contribution is 2.29. The Hall–Kier alpha value is -1.24. The van der Waals surface area contributed by atoms with E-state index in [4.69, 9.17) is 27.0 Å². The third-order valence-corrected chi connectivity index (χ3v) is 4.33. The molecule has 1 heterocycles. The van der Waals surface area contributed by atoms with Crippen LogP contribution in [-0.4, -0.2) is 18.0 Å². The smallest absolute Gasteiger partial charge is 0.261 e. The van der Waals surface area contributed by atoms with Gasteiger partial charge in [-0.3, -0.25) is 0 Å². The van der Waals surface area contributed by atoms with Crippen molar-refractivity contribution in [1.82, 2.24) is 9.55 Å². The van der Waals surface area contributed by atoms with Gasteiger partial charge >= 0.3 is 0 Å². The number of imidazole rings is 1. The molecule has 0 spiro atoms. The average Bonchev–Trinajstić information content (AvgIpc) is 2.83. The highest BCUT2D eigenvalue weighted by atomic mass is 35.7. The van der Waals surface area contributed by atoms with Gasteiger partial charge in [0.1, 0.15) is 18.2 Å². The van der Waals surface area contributed by atoms with Crippen molar-refractivity contribution in [2.45, 2.75) is 25.0 Å². The summed E-state index contributed by atoms with van der Waals surface area (Å²) in [5.74, 6) is 1.14. The zero-order chi connectivity index (χ0) is 14.8. The van der Waals surface area contributed by atoms with Gasteiger partial charge in [0.25, 0.3) is 9.05 Å². The van der Waals surface area contributed by atoms with Gasteiger partial charge in [-0.15, -0.1) is 0 Å². The Morgan fingerprint density at radius 1 is 1.40 bits per heavy atom. The Morgan fingerprint density at radius 3 is 2.75 bits per heavy atom. The zero-order valence-electron chi connectivity index (χ0n) is 10.6. The number of nitrogens with zero attached hydrogens (tertiary/aromatic N) is 2. The van der Waals surface area contributed by atoms with E-state index in [-0.39, 0.29) is 16.5 Å². The van der Waals surface area contributed by atoms with Gasteiger partial charge in [0.05, 0.1) is 9.92 Å². The van der Waals surface area contributed by atoms with Crippen LogP contribution >= 0.6 is 22.3 Å². The topological polar surface area (TPSA) is 61.2 Å². The predicted octanol–water partition coefficient (Wildman–Crippen LogP) is 3.06. The van der Waals surface area contributed by atoms with Crippen LogP contribution in [0.3, 0.4) is 0 Å². The molecule has 0 saturated carbocycles. The monoisotopic (exact) mass is 334 g/mol. The molecule has 0 unspecified atom stereocenters. The molecule has 5 nitrogen and oxygen atoms in total. The van der Waals surface area contributed by atoms with Crippen molar-refractivity contribution in [2.75, 3.05) is 0 Å². The quantitative estimate of drug-likeness (QED) is 0.788. The fraction of sp³-hybridized carbons (Fsp3) is 0.250. The SMILES string of the molecule is CCn1ccnc1COc1ccc(S(=O)(=O)Cl)cc1Cl. The predicted molar refractivity (Wildman–Crippen MR) is 76.7 cm³/mol. The fourth-order valence-corrected chi connectivity index (χ4v) is 2.74. The van der Waals surface area contributed by atoms with Gasteiger partial charge in [-0.1, -0.05) is 11.6 Å². The third-order valence-electron chi connectivity index (χ3n) is 2.68. The van der Waals surface area contributed by atoms with Gasteiger partial charge in [0.15, 0.2) is 0 Å². The van der Waals surface area contributed by atoms with Crippen molar-refractivity contribution < 1.29 is 13.2 Å². The lowest BCUT2D eigenvalue weighted by Crippen LogP contribution is -2.05. The summed E-state index contributed by atoms with van der Waals surface area (Å²) in [6.45, 7) is 3.03. The third kappa shape index (κ3) is 3.45. The van der Waals surface area contributed by atoms with Crippen molar-refractivity contribution in [3.63, 3.8) is 0 Å². The second kappa shape index (κ2) is 6.03. The summed E-state index contributed by atoms with van der Waals surface area (Å²) in [6, 6.07) is 4.07. The fourth-order valence-electron chi connectivity index (χ4n) is 1.66. The van der Waals surface area contributed by atoms with E-state index >= 15 is 0 Å². The first-order valence-electron chi connectivity index (χ1n) is 5.79. The van der Waals surface area contributed by atoms with Gasteiger partial charge < -0.3 is 9.30 Å². The van der Waals surface area contributed by atoms with E-state index < -0.39 is 9.05 Å². The summed E-state index contributed by atoms with van der Waals surface area (Å²) in [5.41, 5.74) is 0. The van der Waals surface area contributed by atoms with Gasteiger partial charge in [-0.2, -0.15) is 0 Å². The minimum absolute atomic E-state index is 0.0634. The largest absolute Gasteiger partial charge is 0.484 e. The lowest BCUT2D eigenvalue weighted by molar-refractivity contribution is 0.290. The maximum absolute atomic E-state index is 11.2. The second-order valence-corrected chi connectivity index (χ2v) is 6.92. The van der Waals surface area contributed by atoms with E-state index in [2.05, 4.69) is 4.98 Å². The lowest BCUT2D eigenvalue weighted by Gasteiger charge is -2.09. The molecule has 0 aliphatic carbocycles. The molecular formula is C12H12Cl2N2O3S. The van der Waals surface area contributed by atoms with Crippen LogP contribution in [0.25, 0.3) is 0 Å². The van der Waals surface area contributed by atoms with E-state index in [0.29, 0.717) is 5.75 Å². The highest BCUT2D eigenvalue weighted by molar-refractivity contribution is 8.13. The van der Waals surface area contributed by atoms with Crippen LogP contribution in [0.4, 0.5) is 0 Å². The molecule has 1 aromatic heterocycles. The van der Waals surface area contributed by atoms with Crippen LogP contribution in [0.2, 0.25) is 5.02 Å². The molecule has 0 fully saturated rings. The van der Waals surface area contributed by atoms with Crippen molar-refractivity contribution >= 4 is 31.3 Å². The van der Waals surface area contributed by atoms with E-state index in [1.165, 1.54) is 18.2 Å². The number of aromatic nitrogens is 2. The molecule has 0 bridgehead atoms. The summed E-state index contributed by atoms with van der Waals surface area (Å²) in [5, 5.41) is 0.182.